The fourth-order valence-electron chi connectivity index (χ4n) is 2.11. The Bertz CT molecular complexity index is 286. The van der Waals surface area contributed by atoms with Crippen LogP contribution in [-0.4, -0.2) is 35.6 Å². The predicted octanol–water partition coefficient (Wildman–Crippen LogP) is 1.05. The SMILES string of the molecule is CCNC1CCCN(c2ccncn2)C1. The summed E-state index contributed by atoms with van der Waals surface area (Å²) in [4.78, 5) is 10.6. The van der Waals surface area contributed by atoms with Gasteiger partial charge in [0.15, 0.2) is 0 Å². The molecule has 1 atom stereocenters. The maximum absolute atomic E-state index is 4.28. The summed E-state index contributed by atoms with van der Waals surface area (Å²) in [6, 6.07) is 2.59. The normalized spacial score (nSPS) is 21.7. The first-order chi connectivity index (χ1) is 7.40. The molecule has 15 heavy (non-hydrogen) atoms. The lowest BCUT2D eigenvalue weighted by Crippen LogP contribution is -2.46. The molecule has 4 heteroatoms. The molecule has 0 amide bonds. The Kier molecular flexibility index (Phi) is 3.50. The molecule has 1 N–H and O–H groups in total. The van der Waals surface area contributed by atoms with Gasteiger partial charge in [0.2, 0.25) is 0 Å². The van der Waals surface area contributed by atoms with Gasteiger partial charge >= 0.3 is 0 Å². The van der Waals surface area contributed by atoms with Crippen LogP contribution in [-0.2, 0) is 0 Å². The molecule has 2 heterocycles. The van der Waals surface area contributed by atoms with E-state index in [-0.39, 0.29) is 0 Å². The predicted molar refractivity (Wildman–Crippen MR) is 60.9 cm³/mol. The van der Waals surface area contributed by atoms with Gasteiger partial charge < -0.3 is 10.2 Å². The Balaban J connectivity index is 1.98. The van der Waals surface area contributed by atoms with E-state index in [0.29, 0.717) is 6.04 Å². The van der Waals surface area contributed by atoms with Crippen LogP contribution in [0.3, 0.4) is 0 Å². The van der Waals surface area contributed by atoms with Gasteiger partial charge in [-0.2, -0.15) is 0 Å². The van der Waals surface area contributed by atoms with Crippen molar-refractivity contribution in [2.45, 2.75) is 25.8 Å². The number of hydrogen-bond acceptors (Lipinski definition) is 4. The van der Waals surface area contributed by atoms with Crippen LogP contribution >= 0.6 is 0 Å². The van der Waals surface area contributed by atoms with Crippen molar-refractivity contribution in [3.8, 4) is 0 Å². The molecule has 1 unspecified atom stereocenters. The average molecular weight is 206 g/mol. The van der Waals surface area contributed by atoms with Crippen molar-refractivity contribution in [3.63, 3.8) is 0 Å². The van der Waals surface area contributed by atoms with Crippen molar-refractivity contribution in [2.24, 2.45) is 0 Å². The highest BCUT2D eigenvalue weighted by atomic mass is 15.2. The highest BCUT2D eigenvalue weighted by molar-refractivity contribution is 5.37. The highest BCUT2D eigenvalue weighted by Gasteiger charge is 2.19. The molecule has 0 radical (unpaired) electrons. The smallest absolute Gasteiger partial charge is 0.131 e. The number of hydrogen-bond donors (Lipinski definition) is 1. The third-order valence-corrected chi connectivity index (χ3v) is 2.80. The second-order valence-corrected chi connectivity index (χ2v) is 3.91. The van der Waals surface area contributed by atoms with Gasteiger partial charge in [-0.15, -0.1) is 0 Å². The Morgan fingerprint density at radius 1 is 1.60 bits per heavy atom. The van der Waals surface area contributed by atoms with Crippen molar-refractivity contribution in [3.05, 3.63) is 18.6 Å². The molecule has 0 spiro atoms. The molecule has 1 fully saturated rings. The number of likely N-dealkylation sites (N-methyl/N-ethyl adjacent to an activating group) is 1. The van der Waals surface area contributed by atoms with E-state index in [9.17, 15) is 0 Å². The molecule has 0 saturated carbocycles. The summed E-state index contributed by atoms with van der Waals surface area (Å²) in [6.45, 7) is 5.37. The van der Waals surface area contributed by atoms with Gasteiger partial charge in [-0.3, -0.25) is 0 Å². The van der Waals surface area contributed by atoms with Crippen LogP contribution in [0.25, 0.3) is 0 Å². The summed E-state index contributed by atoms with van der Waals surface area (Å²) in [5, 5.41) is 3.50. The van der Waals surface area contributed by atoms with Gasteiger partial charge in [-0.1, -0.05) is 6.92 Å². The van der Waals surface area contributed by atoms with Gasteiger partial charge in [-0.05, 0) is 25.5 Å². The summed E-state index contributed by atoms with van der Waals surface area (Å²) in [5.41, 5.74) is 0. The first-order valence-electron chi connectivity index (χ1n) is 5.64. The molecule has 0 aliphatic carbocycles. The summed E-state index contributed by atoms with van der Waals surface area (Å²) in [6.07, 6.45) is 5.93. The Labute approximate surface area is 90.7 Å². The number of aromatic nitrogens is 2. The van der Waals surface area contributed by atoms with Crippen LogP contribution in [0.5, 0.6) is 0 Å². The third kappa shape index (κ3) is 2.65. The minimum absolute atomic E-state index is 0.610. The quantitative estimate of drug-likeness (QED) is 0.802. The Hall–Kier alpha value is -1.16. The molecule has 1 aliphatic heterocycles. The van der Waals surface area contributed by atoms with Crippen molar-refractivity contribution in [1.29, 1.82) is 0 Å². The molecular formula is C11H18N4. The van der Waals surface area contributed by atoms with Gasteiger partial charge in [0, 0.05) is 25.3 Å². The summed E-state index contributed by atoms with van der Waals surface area (Å²) < 4.78 is 0. The van der Waals surface area contributed by atoms with Crippen LogP contribution in [0.4, 0.5) is 5.82 Å². The van der Waals surface area contributed by atoms with Crippen LogP contribution in [0.15, 0.2) is 18.6 Å². The zero-order valence-corrected chi connectivity index (χ0v) is 9.19. The lowest BCUT2D eigenvalue weighted by Gasteiger charge is -2.33. The second-order valence-electron chi connectivity index (χ2n) is 3.91. The molecule has 0 aromatic carbocycles. The van der Waals surface area contributed by atoms with Gasteiger partial charge in [0.05, 0.1) is 0 Å². The lowest BCUT2D eigenvalue weighted by molar-refractivity contribution is 0.429. The Morgan fingerprint density at radius 3 is 3.27 bits per heavy atom. The van der Waals surface area contributed by atoms with Crippen LogP contribution in [0.2, 0.25) is 0 Å². The largest absolute Gasteiger partial charge is 0.355 e. The van der Waals surface area contributed by atoms with Crippen molar-refractivity contribution in [2.75, 3.05) is 24.5 Å². The topological polar surface area (TPSA) is 41.0 Å². The second kappa shape index (κ2) is 5.07. The third-order valence-electron chi connectivity index (χ3n) is 2.80. The average Bonchev–Trinajstić information content (AvgIpc) is 2.31. The van der Waals surface area contributed by atoms with Gasteiger partial charge in [0.25, 0.3) is 0 Å². The monoisotopic (exact) mass is 206 g/mol. The number of anilines is 1. The van der Waals surface area contributed by atoms with E-state index in [1.54, 1.807) is 12.5 Å². The summed E-state index contributed by atoms with van der Waals surface area (Å²) >= 11 is 0. The summed E-state index contributed by atoms with van der Waals surface area (Å²) in [5.74, 6) is 1.05. The molecule has 1 aromatic rings. The fourth-order valence-corrected chi connectivity index (χ4v) is 2.11. The number of rotatable bonds is 3. The van der Waals surface area contributed by atoms with E-state index in [1.807, 2.05) is 6.07 Å². The van der Waals surface area contributed by atoms with E-state index < -0.39 is 0 Å². The molecular weight excluding hydrogens is 188 g/mol. The first kappa shape index (κ1) is 10.4. The first-order valence-corrected chi connectivity index (χ1v) is 5.64. The molecule has 1 aromatic heterocycles. The van der Waals surface area contributed by atoms with E-state index in [2.05, 4.69) is 27.1 Å². The van der Waals surface area contributed by atoms with Crippen molar-refractivity contribution < 1.29 is 0 Å². The molecule has 1 saturated heterocycles. The summed E-state index contributed by atoms with van der Waals surface area (Å²) in [7, 11) is 0. The fraction of sp³-hybridized carbons (Fsp3) is 0.636. The minimum atomic E-state index is 0.610. The Morgan fingerprint density at radius 2 is 2.53 bits per heavy atom. The molecule has 1 aliphatic rings. The lowest BCUT2D eigenvalue weighted by atomic mass is 10.1. The van der Waals surface area contributed by atoms with E-state index >= 15 is 0 Å². The number of piperidine rings is 1. The zero-order valence-electron chi connectivity index (χ0n) is 9.19. The maximum atomic E-state index is 4.28. The molecule has 2 rings (SSSR count). The van der Waals surface area contributed by atoms with Crippen molar-refractivity contribution in [1.82, 2.24) is 15.3 Å². The van der Waals surface area contributed by atoms with E-state index in [1.165, 1.54) is 12.8 Å². The van der Waals surface area contributed by atoms with Crippen LogP contribution in [0, 0.1) is 0 Å². The maximum Gasteiger partial charge on any atom is 0.131 e. The zero-order chi connectivity index (χ0) is 10.5. The van der Waals surface area contributed by atoms with Crippen LogP contribution < -0.4 is 10.2 Å². The van der Waals surface area contributed by atoms with Gasteiger partial charge in [0.1, 0.15) is 12.1 Å². The van der Waals surface area contributed by atoms with Crippen LogP contribution in [0.1, 0.15) is 19.8 Å². The number of nitrogens with one attached hydrogen (secondary N) is 1. The standard InChI is InChI=1S/C11H18N4/c1-2-13-10-4-3-7-15(8-10)11-5-6-12-9-14-11/h5-6,9-10,13H,2-4,7-8H2,1H3. The molecule has 82 valence electrons. The minimum Gasteiger partial charge on any atom is -0.355 e. The van der Waals surface area contributed by atoms with Gasteiger partial charge in [-0.25, -0.2) is 9.97 Å². The number of nitrogens with zero attached hydrogens (tertiary/aromatic N) is 3. The van der Waals surface area contributed by atoms with E-state index in [0.717, 1.165) is 25.5 Å². The molecule has 4 nitrogen and oxygen atoms in total. The molecule has 0 bridgehead atoms. The van der Waals surface area contributed by atoms with E-state index in [4.69, 9.17) is 0 Å². The highest BCUT2D eigenvalue weighted by Crippen LogP contribution is 2.16. The van der Waals surface area contributed by atoms with Crippen molar-refractivity contribution >= 4 is 5.82 Å².